The standard InChI is InChI=1S/C12H12N2.CH6N4O/c13-11-5-1-9(2-6-11)10-3-7-12(14)8-4-10;2-1(6)5(3)4/h1-8H,13-14H2;3-4H2,(H2,2,6). The summed E-state index contributed by atoms with van der Waals surface area (Å²) in [7, 11) is 0. The molecular formula is C13H18N6O. The molecule has 0 fully saturated rings. The van der Waals surface area contributed by atoms with Crippen LogP contribution in [-0.2, 0) is 0 Å². The lowest BCUT2D eigenvalue weighted by atomic mass is 10.1. The lowest BCUT2D eigenvalue weighted by Gasteiger charge is -2.02. The second-order valence-corrected chi connectivity index (χ2v) is 3.99. The van der Waals surface area contributed by atoms with Crippen LogP contribution in [0, 0.1) is 0 Å². The lowest BCUT2D eigenvalue weighted by Crippen LogP contribution is -2.46. The fourth-order valence-electron chi connectivity index (χ4n) is 1.35. The number of primary amides is 1. The van der Waals surface area contributed by atoms with Crippen molar-refractivity contribution in [3.63, 3.8) is 0 Å². The number of hydrogen-bond acceptors (Lipinski definition) is 5. The Balaban J connectivity index is 0.000000286. The zero-order valence-electron chi connectivity index (χ0n) is 10.9. The number of carbonyl (C=O) groups excluding carboxylic acids is 1. The molecule has 2 amide bonds. The molecule has 0 aliphatic heterocycles. The first-order valence-electron chi connectivity index (χ1n) is 5.70. The Morgan fingerprint density at radius 3 is 1.20 bits per heavy atom. The Labute approximate surface area is 116 Å². The maximum Gasteiger partial charge on any atom is 0.343 e. The first-order chi connectivity index (χ1) is 9.40. The molecule has 2 aromatic carbocycles. The topological polar surface area (TPSA) is 150 Å². The van der Waals surface area contributed by atoms with Gasteiger partial charge in [-0.05, 0) is 35.4 Å². The molecule has 0 bridgehead atoms. The molecule has 2 rings (SSSR count). The molecule has 0 saturated heterocycles. The van der Waals surface area contributed by atoms with Crippen LogP contribution >= 0.6 is 0 Å². The molecular weight excluding hydrogens is 256 g/mol. The number of nitrogens with two attached hydrogens (primary N) is 5. The number of nitrogen functional groups attached to an aromatic ring is 2. The van der Waals surface area contributed by atoms with E-state index in [1.54, 1.807) is 0 Å². The molecule has 0 unspecified atom stereocenters. The van der Waals surface area contributed by atoms with Crippen LogP contribution in [0.3, 0.4) is 0 Å². The number of urea groups is 1. The molecule has 0 aliphatic rings. The van der Waals surface area contributed by atoms with Crippen molar-refractivity contribution in [1.82, 2.24) is 5.12 Å². The number of rotatable bonds is 1. The average molecular weight is 274 g/mol. The predicted octanol–water partition coefficient (Wildman–Crippen LogP) is 0.633. The number of carbonyl (C=O) groups is 1. The fourth-order valence-corrected chi connectivity index (χ4v) is 1.35. The maximum absolute atomic E-state index is 9.60. The number of hydrazine groups is 2. The zero-order valence-corrected chi connectivity index (χ0v) is 10.9. The molecule has 20 heavy (non-hydrogen) atoms. The highest BCUT2D eigenvalue weighted by Crippen LogP contribution is 2.21. The highest BCUT2D eigenvalue weighted by molar-refractivity contribution is 5.70. The highest BCUT2D eigenvalue weighted by atomic mass is 16.2. The van der Waals surface area contributed by atoms with E-state index in [-0.39, 0.29) is 0 Å². The van der Waals surface area contributed by atoms with Crippen LogP contribution in [-0.4, -0.2) is 11.1 Å². The third-order valence-corrected chi connectivity index (χ3v) is 2.41. The number of nitrogens with zero attached hydrogens (tertiary/aromatic N) is 1. The van der Waals surface area contributed by atoms with Crippen LogP contribution in [0.15, 0.2) is 48.5 Å². The molecule has 0 heterocycles. The molecule has 0 radical (unpaired) electrons. The van der Waals surface area contributed by atoms with E-state index in [0.29, 0.717) is 5.12 Å². The molecule has 0 aromatic heterocycles. The van der Waals surface area contributed by atoms with Gasteiger partial charge in [0, 0.05) is 11.4 Å². The van der Waals surface area contributed by atoms with Gasteiger partial charge in [0.1, 0.15) is 0 Å². The number of anilines is 2. The summed E-state index contributed by atoms with van der Waals surface area (Å²) < 4.78 is 0. The van der Waals surface area contributed by atoms with Crippen molar-refractivity contribution in [1.29, 1.82) is 0 Å². The first-order valence-corrected chi connectivity index (χ1v) is 5.70. The van der Waals surface area contributed by atoms with E-state index in [1.807, 2.05) is 48.5 Å². The summed E-state index contributed by atoms with van der Waals surface area (Å²) in [6, 6.07) is 14.7. The van der Waals surface area contributed by atoms with E-state index in [0.717, 1.165) is 22.5 Å². The number of amides is 2. The minimum absolute atomic E-state index is 0.306. The van der Waals surface area contributed by atoms with E-state index < -0.39 is 6.03 Å². The van der Waals surface area contributed by atoms with Gasteiger partial charge in [-0.3, -0.25) is 0 Å². The van der Waals surface area contributed by atoms with Gasteiger partial charge in [-0.15, -0.1) is 0 Å². The second-order valence-electron chi connectivity index (χ2n) is 3.99. The lowest BCUT2D eigenvalue weighted by molar-refractivity contribution is 0.210. The zero-order chi connectivity index (χ0) is 15.1. The van der Waals surface area contributed by atoms with E-state index in [9.17, 15) is 4.79 Å². The van der Waals surface area contributed by atoms with Gasteiger partial charge in [0.15, 0.2) is 0 Å². The van der Waals surface area contributed by atoms with Crippen LogP contribution in [0.1, 0.15) is 0 Å². The van der Waals surface area contributed by atoms with Crippen molar-refractivity contribution in [2.45, 2.75) is 0 Å². The minimum atomic E-state index is -0.852. The number of benzene rings is 2. The summed E-state index contributed by atoms with van der Waals surface area (Å²) >= 11 is 0. The molecule has 0 aliphatic carbocycles. The Hall–Kier alpha value is -2.77. The summed E-state index contributed by atoms with van der Waals surface area (Å²) in [6.07, 6.45) is 0. The molecule has 7 nitrogen and oxygen atoms in total. The average Bonchev–Trinajstić information content (AvgIpc) is 2.41. The van der Waals surface area contributed by atoms with Crippen molar-refractivity contribution in [3.8, 4) is 11.1 Å². The third kappa shape index (κ3) is 4.84. The molecule has 10 N–H and O–H groups in total. The van der Waals surface area contributed by atoms with Crippen molar-refractivity contribution in [3.05, 3.63) is 48.5 Å². The third-order valence-electron chi connectivity index (χ3n) is 2.41. The van der Waals surface area contributed by atoms with Crippen LogP contribution < -0.4 is 28.9 Å². The van der Waals surface area contributed by atoms with E-state index >= 15 is 0 Å². The maximum atomic E-state index is 9.60. The summed E-state index contributed by atoms with van der Waals surface area (Å²) in [6.45, 7) is 0. The molecule has 0 saturated carbocycles. The van der Waals surface area contributed by atoms with Gasteiger partial charge in [-0.1, -0.05) is 24.3 Å². The van der Waals surface area contributed by atoms with Gasteiger partial charge in [0.25, 0.3) is 0 Å². The second kappa shape index (κ2) is 6.98. The molecule has 7 heteroatoms. The fraction of sp³-hybridized carbons (Fsp3) is 0. The van der Waals surface area contributed by atoms with Crippen LogP contribution in [0.2, 0.25) is 0 Å². The minimum Gasteiger partial charge on any atom is -0.399 e. The molecule has 0 spiro atoms. The van der Waals surface area contributed by atoms with Crippen molar-refractivity contribution < 1.29 is 4.79 Å². The Morgan fingerprint density at radius 1 is 0.750 bits per heavy atom. The van der Waals surface area contributed by atoms with E-state index in [1.165, 1.54) is 0 Å². The molecule has 0 atom stereocenters. The number of hydrogen-bond donors (Lipinski definition) is 5. The van der Waals surface area contributed by atoms with E-state index in [4.69, 9.17) is 11.5 Å². The van der Waals surface area contributed by atoms with Crippen molar-refractivity contribution in [2.24, 2.45) is 17.4 Å². The van der Waals surface area contributed by atoms with Crippen LogP contribution in [0.25, 0.3) is 11.1 Å². The summed E-state index contributed by atoms with van der Waals surface area (Å²) in [5.74, 6) is 9.14. The summed E-state index contributed by atoms with van der Waals surface area (Å²) in [4.78, 5) is 9.60. The van der Waals surface area contributed by atoms with Gasteiger partial charge in [-0.25, -0.2) is 16.5 Å². The SMILES string of the molecule is NC(=O)N(N)N.Nc1ccc(-c2ccc(N)cc2)cc1. The van der Waals surface area contributed by atoms with Crippen LogP contribution in [0.4, 0.5) is 16.2 Å². The Morgan fingerprint density at radius 2 is 1.00 bits per heavy atom. The van der Waals surface area contributed by atoms with Crippen LogP contribution in [0.5, 0.6) is 0 Å². The Kier molecular flexibility index (Phi) is 5.33. The first kappa shape index (κ1) is 15.3. The van der Waals surface area contributed by atoms with Gasteiger partial charge >= 0.3 is 6.03 Å². The molecule has 2 aromatic rings. The molecule has 106 valence electrons. The van der Waals surface area contributed by atoms with E-state index in [2.05, 4.69) is 17.4 Å². The summed E-state index contributed by atoms with van der Waals surface area (Å²) in [5.41, 5.74) is 19.6. The Bertz CT molecular complexity index is 507. The van der Waals surface area contributed by atoms with Crippen molar-refractivity contribution in [2.75, 3.05) is 11.5 Å². The smallest absolute Gasteiger partial charge is 0.343 e. The summed E-state index contributed by atoms with van der Waals surface area (Å²) in [5, 5.41) is 0.306. The van der Waals surface area contributed by atoms with Gasteiger partial charge in [0.05, 0.1) is 0 Å². The van der Waals surface area contributed by atoms with Crippen molar-refractivity contribution >= 4 is 17.4 Å². The van der Waals surface area contributed by atoms with Gasteiger partial charge in [0.2, 0.25) is 0 Å². The van der Waals surface area contributed by atoms with Gasteiger partial charge < -0.3 is 17.2 Å². The predicted molar refractivity (Wildman–Crippen MR) is 80.5 cm³/mol. The normalized spacial score (nSPS) is 9.30. The quantitative estimate of drug-likeness (QED) is 0.224. The van der Waals surface area contributed by atoms with Gasteiger partial charge in [-0.2, -0.15) is 5.12 Å². The largest absolute Gasteiger partial charge is 0.399 e. The monoisotopic (exact) mass is 274 g/mol. The highest BCUT2D eigenvalue weighted by Gasteiger charge is 1.95.